The lowest BCUT2D eigenvalue weighted by molar-refractivity contribution is -0.143. The SMILES string of the molecule is CCCCCCCCC/C=C\CCCCCCCC(=O)OCCCCCCCCCCCCCCCCCCCC(=O)NC(CO)C(O)CCCCCCCCCCCCCCCC. The quantitative estimate of drug-likeness (QED) is 0.0321. The van der Waals surface area contributed by atoms with Crippen molar-refractivity contribution in [2.45, 2.75) is 334 Å². The molecule has 0 aromatic carbocycles. The van der Waals surface area contributed by atoms with Crippen LogP contribution in [0.25, 0.3) is 0 Å². The molecule has 2 unspecified atom stereocenters. The summed E-state index contributed by atoms with van der Waals surface area (Å²) in [6, 6.07) is -0.544. The van der Waals surface area contributed by atoms with Crippen molar-refractivity contribution >= 4 is 11.9 Å². The summed E-state index contributed by atoms with van der Waals surface area (Å²) < 4.78 is 5.48. The van der Waals surface area contributed by atoms with Gasteiger partial charge < -0.3 is 20.3 Å². The number of esters is 1. The van der Waals surface area contributed by atoms with Crippen LogP contribution in [0.2, 0.25) is 0 Å². The lowest BCUT2D eigenvalue weighted by Gasteiger charge is -2.22. The summed E-state index contributed by atoms with van der Waals surface area (Å²) in [7, 11) is 0. The van der Waals surface area contributed by atoms with E-state index < -0.39 is 12.1 Å². The zero-order valence-corrected chi connectivity index (χ0v) is 43.3. The van der Waals surface area contributed by atoms with Crippen molar-refractivity contribution in [1.82, 2.24) is 5.32 Å². The number of amides is 1. The Morgan fingerprint density at radius 1 is 0.422 bits per heavy atom. The van der Waals surface area contributed by atoms with Gasteiger partial charge in [-0.15, -0.1) is 0 Å². The molecule has 0 aromatic rings. The molecule has 2 atom stereocenters. The highest BCUT2D eigenvalue weighted by molar-refractivity contribution is 5.76. The second kappa shape index (κ2) is 54.2. The molecule has 0 heterocycles. The topological polar surface area (TPSA) is 95.9 Å². The summed E-state index contributed by atoms with van der Waals surface area (Å²) in [5.74, 6) is -0.0403. The molecule has 0 aromatic heterocycles. The van der Waals surface area contributed by atoms with Crippen LogP contribution in [0.1, 0.15) is 322 Å². The molecule has 6 heteroatoms. The van der Waals surface area contributed by atoms with Crippen LogP contribution in [0.4, 0.5) is 0 Å². The number of nitrogens with one attached hydrogen (secondary N) is 1. The van der Waals surface area contributed by atoms with Crippen LogP contribution in [-0.4, -0.2) is 47.4 Å². The smallest absolute Gasteiger partial charge is 0.305 e. The Labute approximate surface area is 399 Å². The molecule has 6 nitrogen and oxygen atoms in total. The first-order chi connectivity index (χ1) is 31.5. The van der Waals surface area contributed by atoms with Crippen LogP contribution in [0, 0.1) is 0 Å². The van der Waals surface area contributed by atoms with Crippen LogP contribution >= 0.6 is 0 Å². The molecule has 0 saturated heterocycles. The predicted molar refractivity (Wildman–Crippen MR) is 278 cm³/mol. The molecule has 0 aliphatic heterocycles. The Bertz CT molecular complexity index is 955. The minimum Gasteiger partial charge on any atom is -0.466 e. The second-order valence-electron chi connectivity index (χ2n) is 20.0. The van der Waals surface area contributed by atoms with Gasteiger partial charge in [0.25, 0.3) is 0 Å². The fraction of sp³-hybridized carbons (Fsp3) is 0.931. The van der Waals surface area contributed by atoms with Crippen LogP contribution < -0.4 is 5.32 Å². The third-order valence-corrected chi connectivity index (χ3v) is 13.6. The Morgan fingerprint density at radius 2 is 0.734 bits per heavy atom. The highest BCUT2D eigenvalue weighted by atomic mass is 16.5. The molecule has 0 fully saturated rings. The molecule has 0 saturated carbocycles. The van der Waals surface area contributed by atoms with E-state index in [1.807, 2.05) is 0 Å². The van der Waals surface area contributed by atoms with E-state index in [1.54, 1.807) is 0 Å². The number of rotatable bonds is 54. The van der Waals surface area contributed by atoms with Gasteiger partial charge in [-0.2, -0.15) is 0 Å². The van der Waals surface area contributed by atoms with E-state index in [1.165, 1.54) is 244 Å². The molecule has 1 amide bonds. The fourth-order valence-electron chi connectivity index (χ4n) is 9.11. The van der Waals surface area contributed by atoms with Crippen LogP contribution in [0.3, 0.4) is 0 Å². The molecular formula is C58H113NO5. The first-order valence-electron chi connectivity index (χ1n) is 28.9. The van der Waals surface area contributed by atoms with Crippen molar-refractivity contribution in [2.24, 2.45) is 0 Å². The van der Waals surface area contributed by atoms with Crippen molar-refractivity contribution in [3.63, 3.8) is 0 Å². The van der Waals surface area contributed by atoms with E-state index in [0.717, 1.165) is 44.9 Å². The number of ether oxygens (including phenoxy) is 1. The lowest BCUT2D eigenvalue weighted by Crippen LogP contribution is -2.45. The summed E-state index contributed by atoms with van der Waals surface area (Å²) in [4.78, 5) is 24.5. The first-order valence-corrected chi connectivity index (χ1v) is 28.9. The van der Waals surface area contributed by atoms with E-state index in [9.17, 15) is 19.8 Å². The van der Waals surface area contributed by atoms with Gasteiger partial charge in [-0.05, 0) is 51.4 Å². The number of carbonyl (C=O) groups excluding carboxylic acids is 2. The Kier molecular flexibility index (Phi) is 53.0. The van der Waals surface area contributed by atoms with Gasteiger partial charge in [-0.25, -0.2) is 0 Å². The van der Waals surface area contributed by atoms with Gasteiger partial charge in [0.1, 0.15) is 0 Å². The van der Waals surface area contributed by atoms with Crippen molar-refractivity contribution in [3.8, 4) is 0 Å². The number of carbonyl (C=O) groups is 2. The normalized spacial score (nSPS) is 12.6. The Hall–Kier alpha value is -1.40. The van der Waals surface area contributed by atoms with E-state index >= 15 is 0 Å². The number of unbranched alkanes of at least 4 members (excludes halogenated alkanes) is 41. The average Bonchev–Trinajstić information content (AvgIpc) is 3.29. The Balaban J connectivity index is 3.40. The predicted octanol–water partition coefficient (Wildman–Crippen LogP) is 17.7. The third-order valence-electron chi connectivity index (χ3n) is 13.6. The van der Waals surface area contributed by atoms with E-state index in [4.69, 9.17) is 4.74 Å². The standard InChI is InChI=1S/C58H113NO5/c1-3-5-7-9-11-13-15-17-19-24-28-32-36-40-44-48-52-58(63)64-53-49-45-41-37-33-29-25-22-20-21-23-27-31-35-39-43-47-51-57(62)59-55(54-60)56(61)50-46-42-38-34-30-26-18-16-14-12-10-8-6-4-2/h19,24,55-56,60-61H,3-18,20-23,25-54H2,1-2H3,(H,59,62)/b24-19-. The molecule has 0 rings (SSSR count). The number of hydrogen-bond acceptors (Lipinski definition) is 5. The van der Waals surface area contributed by atoms with Gasteiger partial charge in [0.15, 0.2) is 0 Å². The number of aliphatic hydroxyl groups excluding tert-OH is 2. The van der Waals surface area contributed by atoms with Gasteiger partial charge in [0.2, 0.25) is 5.91 Å². The maximum absolute atomic E-state index is 12.5. The molecule has 0 bridgehead atoms. The summed E-state index contributed by atoms with van der Waals surface area (Å²) >= 11 is 0. The number of hydrogen-bond donors (Lipinski definition) is 3. The van der Waals surface area contributed by atoms with Gasteiger partial charge >= 0.3 is 5.97 Å². The molecule has 0 aliphatic carbocycles. The zero-order valence-electron chi connectivity index (χ0n) is 43.3. The Morgan fingerprint density at radius 3 is 1.11 bits per heavy atom. The maximum Gasteiger partial charge on any atom is 0.305 e. The van der Waals surface area contributed by atoms with Crippen molar-refractivity contribution < 1.29 is 24.5 Å². The minimum atomic E-state index is -0.667. The maximum atomic E-state index is 12.5. The van der Waals surface area contributed by atoms with Crippen LogP contribution in [-0.2, 0) is 14.3 Å². The van der Waals surface area contributed by atoms with E-state index in [2.05, 4.69) is 31.3 Å². The number of aliphatic hydroxyl groups is 2. The van der Waals surface area contributed by atoms with Crippen molar-refractivity contribution in [1.29, 1.82) is 0 Å². The number of allylic oxidation sites excluding steroid dienone is 2. The lowest BCUT2D eigenvalue weighted by atomic mass is 10.0. The second-order valence-corrected chi connectivity index (χ2v) is 20.0. The highest BCUT2D eigenvalue weighted by Gasteiger charge is 2.20. The van der Waals surface area contributed by atoms with Crippen molar-refractivity contribution in [2.75, 3.05) is 13.2 Å². The van der Waals surface area contributed by atoms with E-state index in [0.29, 0.717) is 25.9 Å². The van der Waals surface area contributed by atoms with Gasteiger partial charge in [0, 0.05) is 12.8 Å². The molecule has 0 aliphatic rings. The molecule has 380 valence electrons. The minimum absolute atomic E-state index is 0.00142. The average molecular weight is 905 g/mol. The molecule has 64 heavy (non-hydrogen) atoms. The van der Waals surface area contributed by atoms with Crippen LogP contribution in [0.15, 0.2) is 12.2 Å². The van der Waals surface area contributed by atoms with Gasteiger partial charge in [-0.1, -0.05) is 270 Å². The molecule has 0 spiro atoms. The highest BCUT2D eigenvalue weighted by Crippen LogP contribution is 2.17. The van der Waals surface area contributed by atoms with Crippen molar-refractivity contribution in [3.05, 3.63) is 12.2 Å². The third kappa shape index (κ3) is 50.0. The largest absolute Gasteiger partial charge is 0.466 e. The van der Waals surface area contributed by atoms with Gasteiger partial charge in [-0.3, -0.25) is 9.59 Å². The summed E-state index contributed by atoms with van der Waals surface area (Å²) in [5.41, 5.74) is 0. The fourth-order valence-corrected chi connectivity index (χ4v) is 9.11. The monoisotopic (exact) mass is 904 g/mol. The molecule has 0 radical (unpaired) electrons. The molecular weight excluding hydrogens is 791 g/mol. The summed E-state index contributed by atoms with van der Waals surface area (Å²) in [6.07, 6.45) is 63.4. The van der Waals surface area contributed by atoms with Gasteiger partial charge in [0.05, 0.1) is 25.4 Å². The zero-order chi connectivity index (χ0) is 46.5. The summed E-state index contributed by atoms with van der Waals surface area (Å²) in [5, 5.41) is 23.2. The molecule has 3 N–H and O–H groups in total. The summed E-state index contributed by atoms with van der Waals surface area (Å²) in [6.45, 7) is 4.95. The van der Waals surface area contributed by atoms with Crippen LogP contribution in [0.5, 0.6) is 0 Å². The van der Waals surface area contributed by atoms with E-state index in [-0.39, 0.29) is 18.5 Å². The first kappa shape index (κ1) is 62.6.